The molecule has 1 aliphatic carbocycles. The van der Waals surface area contributed by atoms with Crippen LogP contribution in [-0.4, -0.2) is 51.8 Å². The summed E-state index contributed by atoms with van der Waals surface area (Å²) in [6, 6.07) is 13.5. The Morgan fingerprint density at radius 3 is 2.44 bits per heavy atom. The molecule has 1 saturated carbocycles. The molecular formula is C23H25ClFN5OS. The van der Waals surface area contributed by atoms with Gasteiger partial charge in [0.15, 0.2) is 0 Å². The van der Waals surface area contributed by atoms with E-state index in [-0.39, 0.29) is 17.5 Å². The Labute approximate surface area is 196 Å². The van der Waals surface area contributed by atoms with Crippen molar-refractivity contribution < 1.29 is 9.18 Å². The largest absolute Gasteiger partial charge is 0.309 e. The van der Waals surface area contributed by atoms with Crippen LogP contribution in [0.3, 0.4) is 0 Å². The van der Waals surface area contributed by atoms with Crippen LogP contribution in [0.1, 0.15) is 29.9 Å². The number of benzene rings is 2. The Bertz CT molecular complexity index is 1150. The van der Waals surface area contributed by atoms with Crippen LogP contribution >= 0.6 is 23.8 Å². The minimum Gasteiger partial charge on any atom is -0.309 e. The van der Waals surface area contributed by atoms with Crippen LogP contribution in [0.5, 0.6) is 0 Å². The van der Waals surface area contributed by atoms with E-state index in [0.717, 1.165) is 13.0 Å². The second-order valence-corrected chi connectivity index (χ2v) is 8.85. The molecule has 0 unspecified atom stereocenters. The Hall–Kier alpha value is -2.55. The predicted molar refractivity (Wildman–Crippen MR) is 127 cm³/mol. The standard InChI is InChI=1S/C23H25ClFN5OS/c1-27(18-12-13-18)14-3-15-29-23(32)30(20-8-4-16(24)5-9-20)21(26-29)22(31)28(2)19-10-6-17(25)7-11-19/h4-11,18H,3,12-15H2,1-2H3. The van der Waals surface area contributed by atoms with Crippen molar-refractivity contribution in [3.8, 4) is 5.69 Å². The fraction of sp³-hybridized carbons (Fsp3) is 0.348. The summed E-state index contributed by atoms with van der Waals surface area (Å²) in [6.07, 6.45) is 3.39. The number of aromatic nitrogens is 3. The average Bonchev–Trinajstić information content (AvgIpc) is 3.59. The van der Waals surface area contributed by atoms with Crippen molar-refractivity contribution in [2.24, 2.45) is 0 Å². The van der Waals surface area contributed by atoms with E-state index in [1.807, 2.05) is 0 Å². The summed E-state index contributed by atoms with van der Waals surface area (Å²) < 4.78 is 17.1. The molecule has 32 heavy (non-hydrogen) atoms. The first-order chi connectivity index (χ1) is 15.3. The van der Waals surface area contributed by atoms with Crippen LogP contribution in [0.4, 0.5) is 10.1 Å². The molecule has 2 aromatic carbocycles. The normalized spacial score (nSPS) is 13.5. The summed E-state index contributed by atoms with van der Waals surface area (Å²) in [5.74, 6) is -0.509. The van der Waals surface area contributed by atoms with E-state index in [2.05, 4.69) is 17.0 Å². The van der Waals surface area contributed by atoms with E-state index < -0.39 is 0 Å². The van der Waals surface area contributed by atoms with Crippen LogP contribution in [0, 0.1) is 10.6 Å². The molecular weight excluding hydrogens is 449 g/mol. The van der Waals surface area contributed by atoms with Crippen molar-refractivity contribution in [2.45, 2.75) is 31.8 Å². The fourth-order valence-corrected chi connectivity index (χ4v) is 4.06. The molecule has 4 rings (SSSR count). The van der Waals surface area contributed by atoms with Gasteiger partial charge in [-0.25, -0.2) is 9.07 Å². The lowest BCUT2D eigenvalue weighted by Crippen LogP contribution is -2.29. The highest BCUT2D eigenvalue weighted by Crippen LogP contribution is 2.25. The highest BCUT2D eigenvalue weighted by Gasteiger charge is 2.26. The molecule has 0 spiro atoms. The minimum absolute atomic E-state index is 0.194. The predicted octanol–water partition coefficient (Wildman–Crippen LogP) is 4.96. The first-order valence-corrected chi connectivity index (χ1v) is 11.3. The number of hydrogen-bond donors (Lipinski definition) is 0. The van der Waals surface area contributed by atoms with Gasteiger partial charge in [-0.15, -0.1) is 5.10 Å². The van der Waals surface area contributed by atoms with Gasteiger partial charge in [-0.1, -0.05) is 11.6 Å². The summed E-state index contributed by atoms with van der Waals surface area (Å²) in [6.45, 7) is 1.55. The quantitative estimate of drug-likeness (QED) is 0.434. The molecule has 1 amide bonds. The van der Waals surface area contributed by atoms with Crippen molar-refractivity contribution >= 4 is 35.4 Å². The molecule has 0 bridgehead atoms. The summed E-state index contributed by atoms with van der Waals surface area (Å²) in [5.41, 5.74) is 1.27. The minimum atomic E-state index is -0.362. The second-order valence-electron chi connectivity index (χ2n) is 8.05. The number of anilines is 1. The molecule has 3 aromatic rings. The van der Waals surface area contributed by atoms with Crippen LogP contribution in [0.15, 0.2) is 48.5 Å². The average molecular weight is 474 g/mol. The molecule has 0 aliphatic heterocycles. The van der Waals surface area contributed by atoms with E-state index >= 15 is 0 Å². The number of aryl methyl sites for hydroxylation is 1. The highest BCUT2D eigenvalue weighted by molar-refractivity contribution is 7.71. The molecule has 1 aromatic heterocycles. The number of hydrogen-bond acceptors (Lipinski definition) is 4. The smallest absolute Gasteiger partial charge is 0.296 e. The maximum atomic E-state index is 13.4. The molecule has 0 radical (unpaired) electrons. The lowest BCUT2D eigenvalue weighted by Gasteiger charge is -2.17. The second kappa shape index (κ2) is 9.52. The molecule has 0 atom stereocenters. The van der Waals surface area contributed by atoms with E-state index in [4.69, 9.17) is 23.8 Å². The lowest BCUT2D eigenvalue weighted by atomic mass is 10.2. The SMILES string of the molecule is CN(C(=O)c1nn(CCCN(C)C2CC2)c(=S)n1-c1ccc(Cl)cc1)c1ccc(F)cc1. The summed E-state index contributed by atoms with van der Waals surface area (Å²) in [5, 5.41) is 5.18. The van der Waals surface area contributed by atoms with Crippen LogP contribution < -0.4 is 4.90 Å². The van der Waals surface area contributed by atoms with Gasteiger partial charge >= 0.3 is 0 Å². The molecule has 1 heterocycles. The fourth-order valence-electron chi connectivity index (χ4n) is 3.61. The van der Waals surface area contributed by atoms with Gasteiger partial charge in [0, 0.05) is 30.3 Å². The number of rotatable bonds is 8. The molecule has 6 nitrogen and oxygen atoms in total. The maximum Gasteiger partial charge on any atom is 0.296 e. The summed E-state index contributed by atoms with van der Waals surface area (Å²) in [4.78, 5) is 17.2. The number of halogens is 2. The van der Waals surface area contributed by atoms with E-state index in [0.29, 0.717) is 33.8 Å². The van der Waals surface area contributed by atoms with Gasteiger partial charge in [-0.3, -0.25) is 9.36 Å². The van der Waals surface area contributed by atoms with Crippen LogP contribution in [-0.2, 0) is 6.54 Å². The van der Waals surface area contributed by atoms with Gasteiger partial charge in [-0.2, -0.15) is 0 Å². The lowest BCUT2D eigenvalue weighted by molar-refractivity contribution is 0.0980. The molecule has 0 saturated heterocycles. The highest BCUT2D eigenvalue weighted by atomic mass is 35.5. The van der Waals surface area contributed by atoms with Crippen molar-refractivity contribution in [1.82, 2.24) is 19.2 Å². The molecule has 168 valence electrons. The number of carbonyl (C=O) groups is 1. The van der Waals surface area contributed by atoms with Crippen molar-refractivity contribution in [3.05, 3.63) is 70.0 Å². The van der Waals surface area contributed by atoms with Gasteiger partial charge < -0.3 is 9.80 Å². The zero-order valence-corrected chi connectivity index (χ0v) is 19.6. The van der Waals surface area contributed by atoms with Gasteiger partial charge in [0.2, 0.25) is 10.6 Å². The Balaban J connectivity index is 1.65. The number of carbonyl (C=O) groups excluding carboxylic acids is 1. The Morgan fingerprint density at radius 2 is 1.81 bits per heavy atom. The van der Waals surface area contributed by atoms with Gasteiger partial charge in [0.05, 0.1) is 5.69 Å². The van der Waals surface area contributed by atoms with E-state index in [1.165, 1.54) is 29.9 Å². The number of nitrogens with zero attached hydrogens (tertiary/aromatic N) is 5. The molecule has 1 aliphatic rings. The zero-order valence-electron chi connectivity index (χ0n) is 18.0. The maximum absolute atomic E-state index is 13.4. The van der Waals surface area contributed by atoms with Crippen molar-refractivity contribution in [1.29, 1.82) is 0 Å². The third kappa shape index (κ3) is 4.92. The molecule has 9 heteroatoms. The zero-order chi connectivity index (χ0) is 22.8. The van der Waals surface area contributed by atoms with Crippen LogP contribution in [0.2, 0.25) is 5.02 Å². The van der Waals surface area contributed by atoms with Crippen molar-refractivity contribution in [3.63, 3.8) is 0 Å². The topological polar surface area (TPSA) is 46.3 Å². The molecule has 0 N–H and O–H groups in total. The first-order valence-electron chi connectivity index (χ1n) is 10.5. The van der Waals surface area contributed by atoms with Crippen LogP contribution in [0.25, 0.3) is 5.69 Å². The van der Waals surface area contributed by atoms with Gasteiger partial charge in [0.25, 0.3) is 5.91 Å². The van der Waals surface area contributed by atoms with E-state index in [1.54, 1.807) is 52.7 Å². The van der Waals surface area contributed by atoms with Crippen molar-refractivity contribution in [2.75, 3.05) is 25.5 Å². The number of amides is 1. The molecule has 1 fully saturated rings. The summed E-state index contributed by atoms with van der Waals surface area (Å²) >= 11 is 11.8. The summed E-state index contributed by atoms with van der Waals surface area (Å²) in [7, 11) is 3.77. The van der Waals surface area contributed by atoms with E-state index in [9.17, 15) is 9.18 Å². The third-order valence-electron chi connectivity index (χ3n) is 5.68. The van der Waals surface area contributed by atoms with Gasteiger partial charge in [-0.05, 0) is 93.6 Å². The Kier molecular flexibility index (Phi) is 6.74. The first kappa shape index (κ1) is 22.6. The Morgan fingerprint density at radius 1 is 1.16 bits per heavy atom. The van der Waals surface area contributed by atoms with Gasteiger partial charge in [0.1, 0.15) is 5.82 Å². The monoisotopic (exact) mass is 473 g/mol. The third-order valence-corrected chi connectivity index (χ3v) is 6.33.